The molecule has 1 unspecified atom stereocenters. The molecule has 27 heavy (non-hydrogen) atoms. The molecule has 4 nitrogen and oxygen atoms in total. The van der Waals surface area contributed by atoms with Crippen molar-refractivity contribution >= 4 is 43.8 Å². The lowest BCUT2D eigenvalue weighted by atomic mass is 10.0. The van der Waals surface area contributed by atoms with Crippen LogP contribution in [0.3, 0.4) is 0 Å². The van der Waals surface area contributed by atoms with Crippen LogP contribution in [0.4, 0.5) is 0 Å². The summed E-state index contributed by atoms with van der Waals surface area (Å²) in [6.45, 7) is 1.67. The molecular formula is C21H24Br2O4. The molecule has 0 bridgehead atoms. The quantitative estimate of drug-likeness (QED) is 0.519. The number of carbonyl (C=O) groups is 2. The average Bonchev–Trinajstić information content (AvgIpc) is 2.52. The second kappa shape index (κ2) is 12.7. The van der Waals surface area contributed by atoms with Gasteiger partial charge in [0.25, 0.3) is 0 Å². The molecule has 6 heteroatoms. The van der Waals surface area contributed by atoms with E-state index >= 15 is 0 Å². The summed E-state index contributed by atoms with van der Waals surface area (Å²) in [5.41, 5.74) is 1.63. The molecule has 0 radical (unpaired) electrons. The molecule has 1 aliphatic rings. The van der Waals surface area contributed by atoms with Crippen molar-refractivity contribution in [2.45, 2.75) is 44.9 Å². The Hall–Kier alpha value is -1.66. The first-order chi connectivity index (χ1) is 12.8. The molecule has 2 N–H and O–H groups in total. The number of aliphatic carboxylic acids is 2. The first-order valence-corrected chi connectivity index (χ1v) is 10.3. The van der Waals surface area contributed by atoms with E-state index in [-0.39, 0.29) is 6.42 Å². The van der Waals surface area contributed by atoms with Crippen LogP contribution < -0.4 is 0 Å². The molecule has 0 amide bonds. The van der Waals surface area contributed by atoms with E-state index in [1.165, 1.54) is 25.7 Å². The highest BCUT2D eigenvalue weighted by atomic mass is 79.9. The van der Waals surface area contributed by atoms with Crippen molar-refractivity contribution in [2.75, 3.05) is 0 Å². The Kier molecular flexibility index (Phi) is 11.0. The van der Waals surface area contributed by atoms with E-state index in [0.717, 1.165) is 20.1 Å². The molecule has 1 saturated carbocycles. The number of hydrogen-bond acceptors (Lipinski definition) is 2. The van der Waals surface area contributed by atoms with Crippen LogP contribution in [0.1, 0.15) is 49.7 Å². The summed E-state index contributed by atoms with van der Waals surface area (Å²) in [7, 11) is 0. The maximum absolute atomic E-state index is 10.6. The van der Waals surface area contributed by atoms with E-state index < -0.39 is 17.9 Å². The average molecular weight is 500 g/mol. The van der Waals surface area contributed by atoms with Gasteiger partial charge in [-0.3, -0.25) is 9.59 Å². The van der Waals surface area contributed by atoms with E-state index in [1.54, 1.807) is 19.1 Å². The molecule has 1 aliphatic carbocycles. The van der Waals surface area contributed by atoms with Gasteiger partial charge in [-0.2, -0.15) is 0 Å². The summed E-state index contributed by atoms with van der Waals surface area (Å²) in [5, 5.41) is 17.2. The van der Waals surface area contributed by atoms with Gasteiger partial charge in [0.2, 0.25) is 0 Å². The monoisotopic (exact) mass is 498 g/mol. The largest absolute Gasteiger partial charge is 0.481 e. The second-order valence-corrected chi connectivity index (χ2v) is 8.06. The number of benzene rings is 2. The maximum Gasteiger partial charge on any atom is 0.310 e. The lowest BCUT2D eigenvalue weighted by Crippen LogP contribution is -2.06. The van der Waals surface area contributed by atoms with Crippen LogP contribution in [0.15, 0.2) is 57.5 Å². The van der Waals surface area contributed by atoms with Crippen molar-refractivity contribution in [3.8, 4) is 0 Å². The molecular weight excluding hydrogens is 476 g/mol. The minimum absolute atomic E-state index is 0.0828. The smallest absolute Gasteiger partial charge is 0.310 e. The zero-order chi connectivity index (χ0) is 20.2. The van der Waals surface area contributed by atoms with Crippen LogP contribution in [-0.2, 0) is 16.0 Å². The van der Waals surface area contributed by atoms with Crippen molar-refractivity contribution in [1.82, 2.24) is 0 Å². The topological polar surface area (TPSA) is 74.6 Å². The molecule has 0 spiro atoms. The lowest BCUT2D eigenvalue weighted by molar-refractivity contribution is -0.138. The Balaban J connectivity index is 0.000000224. The minimum atomic E-state index is -0.803. The van der Waals surface area contributed by atoms with Gasteiger partial charge in [-0.25, -0.2) is 0 Å². The third-order valence-electron chi connectivity index (χ3n) is 3.96. The number of hydrogen-bond donors (Lipinski definition) is 2. The normalized spacial score (nSPS) is 13.0. The van der Waals surface area contributed by atoms with E-state index in [2.05, 4.69) is 31.9 Å². The van der Waals surface area contributed by atoms with Crippen molar-refractivity contribution < 1.29 is 19.8 Å². The third-order valence-corrected chi connectivity index (χ3v) is 4.95. The first-order valence-electron chi connectivity index (χ1n) is 8.74. The first kappa shape index (κ1) is 23.4. The molecule has 3 rings (SSSR count). The predicted molar refractivity (Wildman–Crippen MR) is 114 cm³/mol. The van der Waals surface area contributed by atoms with Gasteiger partial charge in [0, 0.05) is 8.95 Å². The molecule has 1 fully saturated rings. The summed E-state index contributed by atoms with van der Waals surface area (Å²) >= 11 is 6.55. The van der Waals surface area contributed by atoms with Gasteiger partial charge in [-0.05, 0) is 42.3 Å². The van der Waals surface area contributed by atoms with Crippen molar-refractivity contribution in [3.63, 3.8) is 0 Å². The highest BCUT2D eigenvalue weighted by molar-refractivity contribution is 9.10. The van der Waals surface area contributed by atoms with E-state index in [1.807, 2.05) is 36.4 Å². The number of carboxylic acids is 2. The van der Waals surface area contributed by atoms with E-state index in [9.17, 15) is 9.59 Å². The number of carboxylic acid groups (broad SMARTS) is 2. The van der Waals surface area contributed by atoms with Gasteiger partial charge in [-0.15, -0.1) is 0 Å². The van der Waals surface area contributed by atoms with Gasteiger partial charge in [0.05, 0.1) is 12.3 Å². The van der Waals surface area contributed by atoms with Crippen molar-refractivity contribution in [2.24, 2.45) is 0 Å². The van der Waals surface area contributed by atoms with Gasteiger partial charge >= 0.3 is 11.9 Å². The molecule has 0 saturated heterocycles. The second-order valence-electron chi connectivity index (χ2n) is 6.23. The summed E-state index contributed by atoms with van der Waals surface area (Å²) in [6.07, 6.45) is 6.08. The molecule has 146 valence electrons. The van der Waals surface area contributed by atoms with Crippen LogP contribution in [-0.4, -0.2) is 22.2 Å². The van der Waals surface area contributed by atoms with Crippen LogP contribution >= 0.6 is 31.9 Å². The summed E-state index contributed by atoms with van der Waals surface area (Å²) in [5.74, 6) is -2.04. The Morgan fingerprint density at radius 1 is 0.926 bits per heavy atom. The zero-order valence-corrected chi connectivity index (χ0v) is 18.4. The fraction of sp³-hybridized carbons (Fsp3) is 0.333. The van der Waals surface area contributed by atoms with Crippen molar-refractivity contribution in [1.29, 1.82) is 0 Å². The van der Waals surface area contributed by atoms with E-state index in [4.69, 9.17) is 10.2 Å². The molecule has 2 aromatic carbocycles. The summed E-state index contributed by atoms with van der Waals surface area (Å²) in [4.78, 5) is 20.9. The standard InChI is InChI=1S/C9H9BrO2.C8H7BrO2.C4H8/c1-6(9(11)12)7-3-2-4-8(10)5-7;9-7-3-1-2-6(4-7)5-8(10)11;1-2-4-3-1/h2-6H,1H3,(H,11,12);1-4H,5H2,(H,10,11);1-4H2. The zero-order valence-electron chi connectivity index (χ0n) is 15.2. The third kappa shape index (κ3) is 10.3. The Labute approximate surface area is 176 Å². The fourth-order valence-corrected chi connectivity index (χ4v) is 2.85. The Morgan fingerprint density at radius 3 is 1.85 bits per heavy atom. The number of halogens is 2. The Morgan fingerprint density at radius 2 is 1.44 bits per heavy atom. The minimum Gasteiger partial charge on any atom is -0.481 e. The van der Waals surface area contributed by atoms with Crippen LogP contribution in [0, 0.1) is 0 Å². The van der Waals surface area contributed by atoms with Crippen LogP contribution in [0.5, 0.6) is 0 Å². The summed E-state index contributed by atoms with van der Waals surface area (Å²) < 4.78 is 1.82. The molecule has 0 aliphatic heterocycles. The fourth-order valence-electron chi connectivity index (χ4n) is 1.99. The van der Waals surface area contributed by atoms with Gasteiger partial charge in [0.1, 0.15) is 0 Å². The highest BCUT2D eigenvalue weighted by Gasteiger charge is 2.12. The Bertz CT molecular complexity index is 738. The molecule has 1 atom stereocenters. The molecule has 0 aromatic heterocycles. The maximum atomic E-state index is 10.6. The number of rotatable bonds is 4. The van der Waals surface area contributed by atoms with E-state index in [0.29, 0.717) is 0 Å². The van der Waals surface area contributed by atoms with Gasteiger partial charge < -0.3 is 10.2 Å². The molecule has 0 heterocycles. The van der Waals surface area contributed by atoms with Crippen molar-refractivity contribution in [3.05, 3.63) is 68.6 Å². The van der Waals surface area contributed by atoms with Gasteiger partial charge in [-0.1, -0.05) is 81.8 Å². The summed E-state index contributed by atoms with van der Waals surface area (Å²) in [6, 6.07) is 14.6. The lowest BCUT2D eigenvalue weighted by Gasteiger charge is -2.05. The molecule has 2 aromatic rings. The van der Waals surface area contributed by atoms with Crippen LogP contribution in [0.25, 0.3) is 0 Å². The predicted octanol–water partition coefficient (Wildman–Crippen LogP) is 6.27. The SMILES string of the molecule is C1CCC1.CC(C(=O)O)c1cccc(Br)c1.O=C(O)Cc1cccc(Br)c1. The highest BCUT2D eigenvalue weighted by Crippen LogP contribution is 2.19. The van der Waals surface area contributed by atoms with Crippen LogP contribution in [0.2, 0.25) is 0 Å². The van der Waals surface area contributed by atoms with Gasteiger partial charge in [0.15, 0.2) is 0 Å².